The number of halogens is 6. The number of rotatable bonds is 6. The minimum atomic E-state index is -2.72. The fourth-order valence-corrected chi connectivity index (χ4v) is 9.23. The number of nitrogens with one attached hydrogen (secondary N) is 1. The van der Waals surface area contributed by atoms with Crippen LogP contribution in [0.2, 0.25) is 0 Å². The largest absolute Gasteiger partial charge is 0.485 e. The van der Waals surface area contributed by atoms with Crippen LogP contribution in [0.4, 0.5) is 32.8 Å². The molecule has 3 saturated heterocycles. The number of nitrogens with two attached hydrogens (primary N) is 1. The fourth-order valence-electron chi connectivity index (χ4n) is 7.50. The van der Waals surface area contributed by atoms with Crippen molar-refractivity contribution in [2.75, 3.05) is 50.0 Å². The number of benzene rings is 2. The second-order valence-corrected chi connectivity index (χ2v) is 14.2. The van der Waals surface area contributed by atoms with Crippen molar-refractivity contribution in [3.8, 4) is 22.9 Å². The van der Waals surface area contributed by atoms with Gasteiger partial charge in [-0.25, -0.2) is 22.0 Å². The van der Waals surface area contributed by atoms with Crippen molar-refractivity contribution in [3.63, 3.8) is 0 Å². The summed E-state index contributed by atoms with van der Waals surface area (Å²) in [6.45, 7) is 1.19. The van der Waals surface area contributed by atoms with E-state index in [0.29, 0.717) is 40.6 Å². The number of hydrogen-bond donors (Lipinski definition) is 2. The van der Waals surface area contributed by atoms with Gasteiger partial charge in [0.2, 0.25) is 0 Å². The van der Waals surface area contributed by atoms with E-state index < -0.39 is 48.5 Å². The fraction of sp³-hybridized carbons (Fsp3) is 0.467. The Kier molecular flexibility index (Phi) is 9.00. The first-order chi connectivity index (χ1) is 21.6. The Labute approximate surface area is 312 Å². The summed E-state index contributed by atoms with van der Waals surface area (Å²) in [4.78, 5) is 12.7. The van der Waals surface area contributed by atoms with Gasteiger partial charge in [0, 0.05) is 72.8 Å². The Hall–Kier alpha value is -1.38. The molecule has 4 aliphatic rings. The molecule has 0 spiro atoms. The predicted molar refractivity (Wildman–Crippen MR) is 169 cm³/mol. The summed E-state index contributed by atoms with van der Waals surface area (Å²) < 4.78 is 87.6. The second kappa shape index (κ2) is 12.5. The number of aromatic nitrogens is 2. The van der Waals surface area contributed by atoms with Crippen LogP contribution in [-0.2, 0) is 0 Å². The van der Waals surface area contributed by atoms with Crippen LogP contribution in [0.1, 0.15) is 19.3 Å². The molecule has 8 rings (SSSR count). The van der Waals surface area contributed by atoms with Gasteiger partial charge < -0.3 is 25.4 Å². The molecule has 4 aliphatic heterocycles. The zero-order valence-corrected chi connectivity index (χ0v) is 30.3. The number of nitrogens with zero attached hydrogens (tertiary/aromatic N) is 4. The molecule has 0 bridgehead atoms. The summed E-state index contributed by atoms with van der Waals surface area (Å²) in [7, 11) is 0. The second-order valence-electron chi connectivity index (χ2n) is 12.1. The van der Waals surface area contributed by atoms with E-state index in [1.807, 2.05) is 22.6 Å². The van der Waals surface area contributed by atoms with E-state index in [9.17, 15) is 17.6 Å². The molecule has 242 valence electrons. The van der Waals surface area contributed by atoms with E-state index in [1.165, 1.54) is 17.0 Å². The SMILES string of the molecule is Nc1[c-]c2c(-c3c(I)c4c5c(nc(OC[C@@]67CCCN6C[C@H](F)C7)nc5c3F)N(CC(F)F)C3CNCC3O4)ccc(F)c2s1.[Ce]. The van der Waals surface area contributed by atoms with E-state index >= 15 is 4.39 Å². The molecule has 3 fully saturated rings. The van der Waals surface area contributed by atoms with Crippen LogP contribution >= 0.6 is 33.9 Å². The van der Waals surface area contributed by atoms with Gasteiger partial charge in [-0.2, -0.15) is 26.7 Å². The van der Waals surface area contributed by atoms with E-state index in [2.05, 4.69) is 26.3 Å². The summed E-state index contributed by atoms with van der Waals surface area (Å²) in [6.07, 6.45) is -2.33. The van der Waals surface area contributed by atoms with Gasteiger partial charge in [-0.05, 0) is 58.3 Å². The molecule has 3 N–H and O–H groups in total. The van der Waals surface area contributed by atoms with Crippen LogP contribution in [0.15, 0.2) is 12.1 Å². The Balaban J connectivity index is 0.00000338. The Morgan fingerprint density at radius 2 is 2.09 bits per heavy atom. The molecule has 46 heavy (non-hydrogen) atoms. The van der Waals surface area contributed by atoms with Gasteiger partial charge in [0.05, 0.1) is 32.9 Å². The molecule has 16 heteroatoms. The average molecular weight is 898 g/mol. The van der Waals surface area contributed by atoms with Crippen LogP contribution in [0, 0.1) is 63.0 Å². The molecule has 0 amide bonds. The van der Waals surface area contributed by atoms with Crippen molar-refractivity contribution in [1.29, 1.82) is 0 Å². The number of hydrogen-bond acceptors (Lipinski definition) is 9. The summed E-state index contributed by atoms with van der Waals surface area (Å²) in [5, 5.41) is 3.92. The standard InChI is InChI=1S/C30H27F5IN6O2S.Ce/c31-13-7-30(4-1-5-41(30)10-13)12-43-29-39-25-22-26(44-18-9-38-8-17(18)42(11-19(33)34)28(22)40-29)24(36)21(23(25)35)14-2-3-16(32)27-15(14)6-20(37)45-27;/h2-3,13,17-19,38H,1,4-5,7-12,37H2;/q-1;/t13-,17?,18?,30+;/m1./s1. The molecule has 0 radical (unpaired) electrons. The van der Waals surface area contributed by atoms with Crippen LogP contribution in [0.3, 0.4) is 0 Å². The summed E-state index contributed by atoms with van der Waals surface area (Å²) in [5.74, 6) is -0.955. The molecule has 0 saturated carbocycles. The van der Waals surface area contributed by atoms with Crippen molar-refractivity contribution < 1.29 is 73.2 Å². The average Bonchev–Trinajstić information content (AvgIpc) is 3.76. The van der Waals surface area contributed by atoms with Crippen LogP contribution in [-0.4, -0.2) is 84.5 Å². The van der Waals surface area contributed by atoms with Crippen molar-refractivity contribution in [2.45, 2.75) is 49.5 Å². The molecule has 4 atom stereocenters. The van der Waals surface area contributed by atoms with Crippen molar-refractivity contribution in [2.24, 2.45) is 0 Å². The van der Waals surface area contributed by atoms with E-state index in [-0.39, 0.29) is 92.1 Å². The Morgan fingerprint density at radius 1 is 1.26 bits per heavy atom. The zero-order chi connectivity index (χ0) is 31.2. The molecule has 2 unspecified atom stereocenters. The first kappa shape index (κ1) is 33.1. The van der Waals surface area contributed by atoms with Gasteiger partial charge in [0.15, 0.2) is 0 Å². The molecule has 8 nitrogen and oxygen atoms in total. The third-order valence-electron chi connectivity index (χ3n) is 9.42. The first-order valence-corrected chi connectivity index (χ1v) is 16.6. The van der Waals surface area contributed by atoms with Gasteiger partial charge >= 0.3 is 6.01 Å². The summed E-state index contributed by atoms with van der Waals surface area (Å²) in [5.41, 5.74) is 5.69. The smallest absolute Gasteiger partial charge is 0.319 e. The van der Waals surface area contributed by atoms with Gasteiger partial charge in [-0.3, -0.25) is 4.90 Å². The van der Waals surface area contributed by atoms with Gasteiger partial charge in [0.1, 0.15) is 41.8 Å². The molecule has 6 heterocycles. The first-order valence-electron chi connectivity index (χ1n) is 14.7. The maximum Gasteiger partial charge on any atom is 0.319 e. The molecule has 2 aromatic heterocycles. The van der Waals surface area contributed by atoms with E-state index in [1.54, 1.807) is 0 Å². The molecule has 0 aliphatic carbocycles. The van der Waals surface area contributed by atoms with E-state index in [0.717, 1.165) is 30.7 Å². The minimum absolute atomic E-state index is 0. The Morgan fingerprint density at radius 3 is 2.89 bits per heavy atom. The van der Waals surface area contributed by atoms with Crippen LogP contribution < -0.4 is 25.4 Å². The van der Waals surface area contributed by atoms with Gasteiger partial charge in [-0.15, -0.1) is 17.7 Å². The third kappa shape index (κ3) is 5.34. The van der Waals surface area contributed by atoms with Crippen molar-refractivity contribution in [3.05, 3.63) is 33.4 Å². The number of alkyl halides is 3. The van der Waals surface area contributed by atoms with Crippen LogP contribution in [0.5, 0.6) is 11.8 Å². The zero-order valence-electron chi connectivity index (χ0n) is 24.2. The Bertz CT molecular complexity index is 1850. The number of ether oxygens (including phenoxy) is 2. The number of anilines is 2. The van der Waals surface area contributed by atoms with Crippen molar-refractivity contribution >= 4 is 65.7 Å². The normalized spacial score (nSPS) is 25.5. The number of nitrogen functional groups attached to an aromatic ring is 1. The quantitative estimate of drug-likeness (QED) is 0.149. The third-order valence-corrected chi connectivity index (χ3v) is 11.4. The monoisotopic (exact) mass is 897 g/mol. The van der Waals surface area contributed by atoms with Gasteiger partial charge in [-0.1, -0.05) is 0 Å². The van der Waals surface area contributed by atoms with E-state index in [4.69, 9.17) is 15.2 Å². The van der Waals surface area contributed by atoms with Crippen LogP contribution in [0.25, 0.3) is 32.1 Å². The molecule has 2 aromatic carbocycles. The predicted octanol–water partition coefficient (Wildman–Crippen LogP) is 5.54. The molecule has 4 aromatic rings. The van der Waals surface area contributed by atoms with Crippen molar-refractivity contribution in [1.82, 2.24) is 20.2 Å². The number of thiophene rings is 1. The molecular formula is C30H27CeF5IN6O2S-. The maximum absolute atomic E-state index is 17.0. The maximum atomic E-state index is 17.0. The summed E-state index contributed by atoms with van der Waals surface area (Å²) >= 11 is 2.98. The molecular weight excluding hydrogens is 870 g/mol. The number of fused-ring (bicyclic) bond motifs is 3. The summed E-state index contributed by atoms with van der Waals surface area (Å²) in [6, 6.07) is 4.92. The van der Waals surface area contributed by atoms with Gasteiger partial charge in [0.25, 0.3) is 6.43 Å². The topological polar surface area (TPSA) is 88.8 Å². The minimum Gasteiger partial charge on any atom is -0.485 e.